The van der Waals surface area contributed by atoms with Crippen molar-refractivity contribution in [1.29, 1.82) is 0 Å². The van der Waals surface area contributed by atoms with Crippen LogP contribution in [0, 0.1) is 11.8 Å². The predicted octanol–water partition coefficient (Wildman–Crippen LogP) is 2.32. The van der Waals surface area contributed by atoms with E-state index in [0.717, 1.165) is 6.42 Å². The number of carboxylic acids is 2. The molecule has 23 heavy (non-hydrogen) atoms. The van der Waals surface area contributed by atoms with Crippen molar-refractivity contribution in [2.75, 3.05) is 12.3 Å². The molecule has 0 radical (unpaired) electrons. The molecule has 0 bridgehead atoms. The van der Waals surface area contributed by atoms with Crippen LogP contribution in [0.2, 0.25) is 0 Å². The summed E-state index contributed by atoms with van der Waals surface area (Å²) in [6, 6.07) is -0.731. The van der Waals surface area contributed by atoms with Crippen molar-refractivity contribution in [1.82, 2.24) is 4.90 Å². The van der Waals surface area contributed by atoms with Gasteiger partial charge >= 0.3 is 11.9 Å². The zero-order chi connectivity index (χ0) is 17.6. The fourth-order valence-electron chi connectivity index (χ4n) is 2.67. The van der Waals surface area contributed by atoms with Crippen molar-refractivity contribution in [3.8, 4) is 0 Å². The van der Waals surface area contributed by atoms with Crippen LogP contribution in [0.3, 0.4) is 0 Å². The molecule has 1 rings (SSSR count). The molecule has 2 N–H and O–H groups in total. The molecular formula is C16H27NO5S. The molecule has 1 fully saturated rings. The number of amides is 1. The lowest BCUT2D eigenvalue weighted by Gasteiger charge is -2.25. The van der Waals surface area contributed by atoms with E-state index in [4.69, 9.17) is 5.11 Å². The van der Waals surface area contributed by atoms with Gasteiger partial charge in [0.05, 0.1) is 0 Å². The zero-order valence-corrected chi connectivity index (χ0v) is 14.8. The third-order valence-corrected chi connectivity index (χ3v) is 5.87. The van der Waals surface area contributed by atoms with Crippen LogP contribution >= 0.6 is 11.8 Å². The summed E-state index contributed by atoms with van der Waals surface area (Å²) in [6.07, 6.45) is 2.70. The Balaban J connectivity index is 2.56. The SMILES string of the molecule is CCC(C)CC(SCC(C)C(=O)N1CCC[C@H]1C(=O)O)C(=O)O. The molecule has 6 nitrogen and oxygen atoms in total. The molecule has 1 heterocycles. The predicted molar refractivity (Wildman–Crippen MR) is 89.5 cm³/mol. The number of aliphatic carboxylic acids is 2. The maximum Gasteiger partial charge on any atom is 0.326 e. The number of likely N-dealkylation sites (tertiary alicyclic amines) is 1. The second-order valence-electron chi connectivity index (χ2n) is 6.34. The highest BCUT2D eigenvalue weighted by atomic mass is 32.2. The Kier molecular flexibility index (Phi) is 7.88. The minimum absolute atomic E-state index is 0.185. The number of carboxylic acid groups (broad SMARTS) is 2. The maximum absolute atomic E-state index is 12.4. The van der Waals surface area contributed by atoms with Crippen LogP contribution in [0.5, 0.6) is 0 Å². The summed E-state index contributed by atoms with van der Waals surface area (Å²) in [4.78, 5) is 36.4. The van der Waals surface area contributed by atoms with Gasteiger partial charge in [-0.3, -0.25) is 9.59 Å². The average molecular weight is 345 g/mol. The van der Waals surface area contributed by atoms with Gasteiger partial charge in [-0.25, -0.2) is 4.79 Å². The molecule has 1 aliphatic rings. The summed E-state index contributed by atoms with van der Waals surface area (Å²) < 4.78 is 0. The highest BCUT2D eigenvalue weighted by Crippen LogP contribution is 2.26. The van der Waals surface area contributed by atoms with Gasteiger partial charge in [0.15, 0.2) is 0 Å². The average Bonchev–Trinajstić information content (AvgIpc) is 2.99. The Morgan fingerprint density at radius 3 is 2.43 bits per heavy atom. The second kappa shape index (κ2) is 9.15. The van der Waals surface area contributed by atoms with Crippen LogP contribution in [0.4, 0.5) is 0 Å². The van der Waals surface area contributed by atoms with E-state index in [9.17, 15) is 19.5 Å². The summed E-state index contributed by atoms with van der Waals surface area (Å²) in [7, 11) is 0. The first-order chi connectivity index (χ1) is 10.8. The van der Waals surface area contributed by atoms with Gasteiger partial charge in [0.2, 0.25) is 5.91 Å². The molecule has 0 aromatic rings. The number of carbonyl (C=O) groups is 3. The summed E-state index contributed by atoms with van der Waals surface area (Å²) >= 11 is 1.28. The van der Waals surface area contributed by atoms with Crippen molar-refractivity contribution < 1.29 is 24.6 Å². The highest BCUT2D eigenvalue weighted by Gasteiger charge is 2.36. The van der Waals surface area contributed by atoms with Crippen molar-refractivity contribution in [2.24, 2.45) is 11.8 Å². The van der Waals surface area contributed by atoms with Gasteiger partial charge in [0.25, 0.3) is 0 Å². The number of rotatable bonds is 9. The third kappa shape index (κ3) is 5.71. The van der Waals surface area contributed by atoms with Crippen molar-refractivity contribution in [2.45, 2.75) is 57.7 Å². The van der Waals surface area contributed by atoms with Gasteiger partial charge in [-0.2, -0.15) is 0 Å². The van der Waals surface area contributed by atoms with E-state index in [0.29, 0.717) is 37.5 Å². The normalized spacial score (nSPS) is 21.7. The Hall–Kier alpha value is -1.24. The first-order valence-corrected chi connectivity index (χ1v) is 9.20. The minimum Gasteiger partial charge on any atom is -0.480 e. The van der Waals surface area contributed by atoms with Gasteiger partial charge in [-0.15, -0.1) is 11.8 Å². The molecule has 0 aromatic carbocycles. The van der Waals surface area contributed by atoms with Crippen molar-refractivity contribution >= 4 is 29.6 Å². The molecule has 0 saturated carbocycles. The number of nitrogens with zero attached hydrogens (tertiary/aromatic N) is 1. The first kappa shape index (κ1) is 19.8. The Labute approximate surface area is 141 Å². The van der Waals surface area contributed by atoms with Gasteiger partial charge in [-0.05, 0) is 25.2 Å². The fraction of sp³-hybridized carbons (Fsp3) is 0.812. The zero-order valence-electron chi connectivity index (χ0n) is 14.0. The molecular weight excluding hydrogens is 318 g/mol. The van der Waals surface area contributed by atoms with E-state index in [-0.39, 0.29) is 11.8 Å². The molecule has 0 spiro atoms. The first-order valence-electron chi connectivity index (χ1n) is 8.15. The van der Waals surface area contributed by atoms with Gasteiger partial charge in [-0.1, -0.05) is 27.2 Å². The lowest BCUT2D eigenvalue weighted by molar-refractivity contribution is -0.149. The van der Waals surface area contributed by atoms with Crippen molar-refractivity contribution in [3.63, 3.8) is 0 Å². The van der Waals surface area contributed by atoms with Crippen LogP contribution in [0.1, 0.15) is 46.5 Å². The number of carbonyl (C=O) groups excluding carboxylic acids is 1. The standard InChI is InChI=1S/C16H27NO5S/c1-4-10(2)8-13(16(21)22)23-9-11(3)14(18)17-7-5-6-12(17)15(19)20/h10-13H,4-9H2,1-3H3,(H,19,20)(H,21,22)/t10?,11?,12-,13?/m0/s1. The Morgan fingerprint density at radius 2 is 1.91 bits per heavy atom. The summed E-state index contributed by atoms with van der Waals surface area (Å²) in [5.41, 5.74) is 0. The quantitative estimate of drug-likeness (QED) is 0.666. The molecule has 1 amide bonds. The summed E-state index contributed by atoms with van der Waals surface area (Å²) in [5.74, 6) is -1.65. The van der Waals surface area contributed by atoms with E-state index in [1.807, 2.05) is 13.8 Å². The fourth-order valence-corrected chi connectivity index (χ4v) is 3.95. The van der Waals surface area contributed by atoms with Crippen LogP contribution in [0.15, 0.2) is 0 Å². The molecule has 4 atom stereocenters. The number of thioether (sulfide) groups is 1. The molecule has 0 aromatic heterocycles. The largest absolute Gasteiger partial charge is 0.480 e. The third-order valence-electron chi connectivity index (χ3n) is 4.38. The van der Waals surface area contributed by atoms with Crippen molar-refractivity contribution in [3.05, 3.63) is 0 Å². The molecule has 132 valence electrons. The molecule has 3 unspecified atom stereocenters. The van der Waals surface area contributed by atoms with E-state index in [2.05, 4.69) is 0 Å². The van der Waals surface area contributed by atoms with Gasteiger partial charge in [0.1, 0.15) is 11.3 Å². The van der Waals surface area contributed by atoms with Crippen LogP contribution in [0.25, 0.3) is 0 Å². The Morgan fingerprint density at radius 1 is 1.26 bits per heavy atom. The smallest absolute Gasteiger partial charge is 0.326 e. The molecule has 0 aliphatic carbocycles. The monoisotopic (exact) mass is 345 g/mol. The van der Waals surface area contributed by atoms with Crippen LogP contribution in [-0.2, 0) is 14.4 Å². The lowest BCUT2D eigenvalue weighted by Crippen LogP contribution is -2.43. The maximum atomic E-state index is 12.4. The molecule has 1 saturated heterocycles. The summed E-state index contributed by atoms with van der Waals surface area (Å²) in [5, 5.41) is 17.9. The van der Waals surface area contributed by atoms with Crippen LogP contribution in [-0.4, -0.2) is 56.5 Å². The Bertz CT molecular complexity index is 442. The number of hydrogen-bond donors (Lipinski definition) is 2. The van der Waals surface area contributed by atoms with Gasteiger partial charge < -0.3 is 15.1 Å². The molecule has 7 heteroatoms. The topological polar surface area (TPSA) is 94.9 Å². The minimum atomic E-state index is -0.962. The molecule has 1 aliphatic heterocycles. The van der Waals surface area contributed by atoms with Gasteiger partial charge in [0, 0.05) is 18.2 Å². The second-order valence-corrected chi connectivity index (χ2v) is 7.57. The van der Waals surface area contributed by atoms with E-state index in [1.165, 1.54) is 16.7 Å². The summed E-state index contributed by atoms with van der Waals surface area (Å²) in [6.45, 7) is 6.27. The van der Waals surface area contributed by atoms with E-state index in [1.54, 1.807) is 6.92 Å². The van der Waals surface area contributed by atoms with E-state index < -0.39 is 23.2 Å². The highest BCUT2D eigenvalue weighted by molar-refractivity contribution is 8.00. The van der Waals surface area contributed by atoms with Crippen LogP contribution < -0.4 is 0 Å². The number of hydrogen-bond acceptors (Lipinski definition) is 4. The lowest BCUT2D eigenvalue weighted by atomic mass is 10.0. The van der Waals surface area contributed by atoms with E-state index >= 15 is 0 Å².